The molecule has 0 atom stereocenters. The van der Waals surface area contributed by atoms with Gasteiger partial charge in [-0.2, -0.15) is 0 Å². The number of fused-ring (bicyclic) bond motifs is 1. The summed E-state index contributed by atoms with van der Waals surface area (Å²) in [5.41, 5.74) is 5.64. The lowest BCUT2D eigenvalue weighted by atomic mass is 10.00. The Balaban J connectivity index is 1.25. The molecule has 3 heterocycles. The minimum atomic E-state index is -0.141. The van der Waals surface area contributed by atoms with Crippen LogP contribution in [0.3, 0.4) is 0 Å². The molecule has 0 spiro atoms. The first kappa shape index (κ1) is 21.2. The largest absolute Gasteiger partial charge is 0.351 e. The molecule has 0 radical (unpaired) electrons. The van der Waals surface area contributed by atoms with E-state index in [-0.39, 0.29) is 11.8 Å². The molecule has 168 valence electrons. The van der Waals surface area contributed by atoms with E-state index in [2.05, 4.69) is 20.5 Å². The molecule has 2 aromatic carbocycles. The van der Waals surface area contributed by atoms with Crippen LogP contribution < -0.4 is 10.6 Å². The maximum atomic E-state index is 12.6. The van der Waals surface area contributed by atoms with Gasteiger partial charge in [0.25, 0.3) is 11.8 Å². The predicted molar refractivity (Wildman–Crippen MR) is 132 cm³/mol. The maximum Gasteiger partial charge on any atom is 0.267 e. The van der Waals surface area contributed by atoms with E-state index in [1.165, 1.54) is 25.9 Å². The van der Waals surface area contributed by atoms with E-state index >= 15 is 0 Å². The normalized spacial score (nSPS) is 16.7. The summed E-state index contributed by atoms with van der Waals surface area (Å²) in [5.74, 6) is -0.262. The second-order valence-electron chi connectivity index (χ2n) is 8.62. The van der Waals surface area contributed by atoms with Crippen LogP contribution in [0.2, 0.25) is 0 Å². The van der Waals surface area contributed by atoms with Crippen molar-refractivity contribution < 1.29 is 9.59 Å². The SMILES string of the molecule is O=C1Nc2cc(-c3ccccc3)ccc2C1=Cc1ccc(C(=O)NCCCN2CCCC2)[nH]1. The van der Waals surface area contributed by atoms with Crippen molar-refractivity contribution in [2.45, 2.75) is 19.3 Å². The highest BCUT2D eigenvalue weighted by Gasteiger charge is 2.24. The van der Waals surface area contributed by atoms with Crippen molar-refractivity contribution in [1.29, 1.82) is 0 Å². The van der Waals surface area contributed by atoms with Gasteiger partial charge in [0.15, 0.2) is 0 Å². The van der Waals surface area contributed by atoms with Crippen LogP contribution in [0.15, 0.2) is 60.7 Å². The zero-order chi connectivity index (χ0) is 22.6. The van der Waals surface area contributed by atoms with E-state index < -0.39 is 0 Å². The number of hydrogen-bond acceptors (Lipinski definition) is 3. The first-order chi connectivity index (χ1) is 16.2. The number of aromatic nitrogens is 1. The summed E-state index contributed by atoms with van der Waals surface area (Å²) in [7, 11) is 0. The Labute approximate surface area is 193 Å². The summed E-state index contributed by atoms with van der Waals surface area (Å²) in [4.78, 5) is 30.7. The van der Waals surface area contributed by atoms with Crippen molar-refractivity contribution in [1.82, 2.24) is 15.2 Å². The van der Waals surface area contributed by atoms with Gasteiger partial charge in [-0.05, 0) is 74.3 Å². The second-order valence-corrected chi connectivity index (χ2v) is 8.62. The van der Waals surface area contributed by atoms with Crippen molar-refractivity contribution in [3.63, 3.8) is 0 Å². The minimum absolute atomic E-state index is 0.121. The van der Waals surface area contributed by atoms with E-state index in [0.717, 1.165) is 41.0 Å². The predicted octanol–water partition coefficient (Wildman–Crippen LogP) is 4.39. The highest BCUT2D eigenvalue weighted by atomic mass is 16.2. The Morgan fingerprint density at radius 3 is 2.64 bits per heavy atom. The summed E-state index contributed by atoms with van der Waals surface area (Å²) in [6.45, 7) is 4.03. The molecule has 0 saturated carbocycles. The van der Waals surface area contributed by atoms with Crippen LogP contribution in [0, 0.1) is 0 Å². The Bertz CT molecular complexity index is 1190. The first-order valence-electron chi connectivity index (χ1n) is 11.6. The van der Waals surface area contributed by atoms with Crippen molar-refractivity contribution >= 4 is 29.2 Å². The molecule has 1 saturated heterocycles. The topological polar surface area (TPSA) is 77.2 Å². The quantitative estimate of drug-likeness (QED) is 0.377. The fourth-order valence-electron chi connectivity index (χ4n) is 4.54. The van der Waals surface area contributed by atoms with Gasteiger partial charge in [0.05, 0.1) is 5.57 Å². The van der Waals surface area contributed by atoms with Crippen LogP contribution in [-0.2, 0) is 4.79 Å². The molecule has 3 aromatic rings. The summed E-state index contributed by atoms with van der Waals surface area (Å²) in [6, 6.07) is 19.7. The lowest BCUT2D eigenvalue weighted by Crippen LogP contribution is -2.28. The molecule has 6 heteroatoms. The molecule has 2 aliphatic heterocycles. The van der Waals surface area contributed by atoms with Gasteiger partial charge in [-0.1, -0.05) is 42.5 Å². The number of anilines is 1. The van der Waals surface area contributed by atoms with Crippen LogP contribution in [0.4, 0.5) is 5.69 Å². The number of carbonyl (C=O) groups excluding carboxylic acids is 2. The van der Waals surface area contributed by atoms with Crippen LogP contribution in [0.5, 0.6) is 0 Å². The molecular formula is C27H28N4O2. The van der Waals surface area contributed by atoms with E-state index in [4.69, 9.17) is 0 Å². The molecule has 0 aliphatic carbocycles. The summed E-state index contributed by atoms with van der Waals surface area (Å²) in [5, 5.41) is 5.94. The number of nitrogens with one attached hydrogen (secondary N) is 3. The molecule has 2 amide bonds. The Hall–Kier alpha value is -3.64. The summed E-state index contributed by atoms with van der Waals surface area (Å²) in [6.07, 6.45) is 5.31. The lowest BCUT2D eigenvalue weighted by Gasteiger charge is -2.14. The Morgan fingerprint density at radius 2 is 1.82 bits per heavy atom. The number of rotatable bonds is 7. The fraction of sp³-hybridized carbons (Fsp3) is 0.259. The third-order valence-corrected chi connectivity index (χ3v) is 6.30. The highest BCUT2D eigenvalue weighted by Crippen LogP contribution is 2.36. The van der Waals surface area contributed by atoms with E-state index in [1.54, 1.807) is 12.1 Å². The highest BCUT2D eigenvalue weighted by molar-refractivity contribution is 6.35. The number of H-pyrrole nitrogens is 1. The maximum absolute atomic E-state index is 12.6. The Morgan fingerprint density at radius 1 is 1.00 bits per heavy atom. The number of amides is 2. The molecule has 5 rings (SSSR count). The van der Waals surface area contributed by atoms with Crippen molar-refractivity contribution in [2.75, 3.05) is 31.5 Å². The van der Waals surface area contributed by atoms with Gasteiger partial charge in [0.2, 0.25) is 0 Å². The monoisotopic (exact) mass is 440 g/mol. The third kappa shape index (κ3) is 4.76. The fourth-order valence-corrected chi connectivity index (χ4v) is 4.54. The number of benzene rings is 2. The van der Waals surface area contributed by atoms with Gasteiger partial charge in [-0.3, -0.25) is 9.59 Å². The molecule has 1 aromatic heterocycles. The number of likely N-dealkylation sites (tertiary alicyclic amines) is 1. The zero-order valence-corrected chi connectivity index (χ0v) is 18.6. The molecule has 6 nitrogen and oxygen atoms in total. The smallest absolute Gasteiger partial charge is 0.267 e. The number of hydrogen-bond donors (Lipinski definition) is 3. The molecule has 1 fully saturated rings. The standard InChI is InChI=1S/C27H28N4O2/c32-26-23(22-11-9-20(17-25(22)30-26)19-7-2-1-3-8-19)18-21-10-12-24(29-21)27(33)28-13-6-16-31-14-4-5-15-31/h1-3,7-12,17-18,29H,4-6,13-16H2,(H,28,33)(H,30,32). The average molecular weight is 441 g/mol. The van der Waals surface area contributed by atoms with E-state index in [1.807, 2.05) is 54.6 Å². The number of carbonyl (C=O) groups is 2. The van der Waals surface area contributed by atoms with Gasteiger partial charge >= 0.3 is 0 Å². The molecule has 0 bridgehead atoms. The molecule has 2 aliphatic rings. The number of nitrogens with zero attached hydrogens (tertiary/aromatic N) is 1. The van der Waals surface area contributed by atoms with Gasteiger partial charge in [0, 0.05) is 23.5 Å². The lowest BCUT2D eigenvalue weighted by molar-refractivity contribution is -0.110. The van der Waals surface area contributed by atoms with Crippen molar-refractivity contribution in [3.05, 3.63) is 77.6 Å². The van der Waals surface area contributed by atoms with Crippen LogP contribution in [-0.4, -0.2) is 47.9 Å². The van der Waals surface area contributed by atoms with E-state index in [0.29, 0.717) is 17.8 Å². The van der Waals surface area contributed by atoms with Crippen molar-refractivity contribution in [3.8, 4) is 11.1 Å². The summed E-state index contributed by atoms with van der Waals surface area (Å²) >= 11 is 0. The summed E-state index contributed by atoms with van der Waals surface area (Å²) < 4.78 is 0. The average Bonchev–Trinajstić information content (AvgIpc) is 3.58. The number of aromatic amines is 1. The van der Waals surface area contributed by atoms with Crippen LogP contribution in [0.25, 0.3) is 22.8 Å². The molecule has 0 unspecified atom stereocenters. The van der Waals surface area contributed by atoms with Gasteiger partial charge in [0.1, 0.15) is 5.69 Å². The van der Waals surface area contributed by atoms with Gasteiger partial charge in [-0.25, -0.2) is 0 Å². The third-order valence-electron chi connectivity index (χ3n) is 6.30. The first-order valence-corrected chi connectivity index (χ1v) is 11.6. The molecular weight excluding hydrogens is 412 g/mol. The van der Waals surface area contributed by atoms with Crippen LogP contribution in [0.1, 0.15) is 41.0 Å². The second kappa shape index (κ2) is 9.46. The van der Waals surface area contributed by atoms with Gasteiger partial charge in [-0.15, -0.1) is 0 Å². The Kier molecular flexibility index (Phi) is 6.09. The van der Waals surface area contributed by atoms with E-state index in [9.17, 15) is 9.59 Å². The minimum Gasteiger partial charge on any atom is -0.351 e. The molecule has 3 N–H and O–H groups in total. The molecule has 33 heavy (non-hydrogen) atoms. The van der Waals surface area contributed by atoms with Gasteiger partial charge < -0.3 is 20.5 Å². The zero-order valence-electron chi connectivity index (χ0n) is 18.6. The van der Waals surface area contributed by atoms with Crippen LogP contribution >= 0.6 is 0 Å². The van der Waals surface area contributed by atoms with Crippen molar-refractivity contribution in [2.24, 2.45) is 0 Å².